The van der Waals surface area contributed by atoms with E-state index in [0.29, 0.717) is 6.04 Å². The van der Waals surface area contributed by atoms with Crippen molar-refractivity contribution in [3.63, 3.8) is 0 Å². The van der Waals surface area contributed by atoms with Gasteiger partial charge in [0.2, 0.25) is 0 Å². The summed E-state index contributed by atoms with van der Waals surface area (Å²) < 4.78 is 1.98. The molecule has 0 bridgehead atoms. The summed E-state index contributed by atoms with van der Waals surface area (Å²) in [5.41, 5.74) is 2.45. The first-order valence-corrected chi connectivity index (χ1v) is 7.20. The third-order valence-corrected chi connectivity index (χ3v) is 4.87. The molecule has 2 rings (SSSR count). The van der Waals surface area contributed by atoms with Crippen molar-refractivity contribution in [1.29, 1.82) is 0 Å². The zero-order valence-electron chi connectivity index (χ0n) is 12.4. The van der Waals surface area contributed by atoms with Crippen molar-refractivity contribution in [1.82, 2.24) is 15.1 Å². The summed E-state index contributed by atoms with van der Waals surface area (Å²) in [6, 6.07) is 2.64. The third-order valence-electron chi connectivity index (χ3n) is 4.87. The lowest BCUT2D eigenvalue weighted by atomic mass is 9.72. The molecule has 0 amide bonds. The van der Waals surface area contributed by atoms with Crippen LogP contribution in [0.5, 0.6) is 0 Å². The number of hydrogen-bond acceptors (Lipinski definition) is 2. The van der Waals surface area contributed by atoms with Crippen LogP contribution in [-0.2, 0) is 7.05 Å². The molecular weight excluding hydrogens is 222 g/mol. The highest BCUT2D eigenvalue weighted by Gasteiger charge is 2.31. The Labute approximate surface area is 111 Å². The predicted molar refractivity (Wildman–Crippen MR) is 75.4 cm³/mol. The number of aromatic nitrogens is 2. The average Bonchev–Trinajstić information content (AvgIpc) is 2.65. The Balaban J connectivity index is 2.13. The number of rotatable bonds is 3. The first kappa shape index (κ1) is 13.6. The van der Waals surface area contributed by atoms with Crippen molar-refractivity contribution in [2.75, 3.05) is 7.05 Å². The van der Waals surface area contributed by atoms with Gasteiger partial charge in [-0.15, -0.1) is 0 Å². The summed E-state index contributed by atoms with van der Waals surface area (Å²) in [5, 5.41) is 8.14. The highest BCUT2D eigenvalue weighted by atomic mass is 15.3. The standard InChI is InChI=1S/C15H27N3/c1-10-6-7-13(8-11(10)2)15(16-4)14-9-12(3)18(5)17-14/h9-11,13,15-16H,6-8H2,1-5H3. The van der Waals surface area contributed by atoms with Crippen molar-refractivity contribution >= 4 is 0 Å². The molecule has 0 radical (unpaired) electrons. The molecule has 1 aliphatic carbocycles. The molecule has 1 N–H and O–H groups in total. The monoisotopic (exact) mass is 249 g/mol. The van der Waals surface area contributed by atoms with E-state index < -0.39 is 0 Å². The molecule has 3 heteroatoms. The van der Waals surface area contributed by atoms with Gasteiger partial charge in [0.05, 0.1) is 11.7 Å². The van der Waals surface area contributed by atoms with E-state index in [-0.39, 0.29) is 0 Å². The van der Waals surface area contributed by atoms with Crippen molar-refractivity contribution < 1.29 is 0 Å². The molecule has 0 spiro atoms. The van der Waals surface area contributed by atoms with Crippen LogP contribution in [-0.4, -0.2) is 16.8 Å². The quantitative estimate of drug-likeness (QED) is 0.892. The summed E-state index contributed by atoms with van der Waals surface area (Å²) in [7, 11) is 4.09. The lowest BCUT2D eigenvalue weighted by Crippen LogP contribution is -2.31. The molecule has 1 aromatic heterocycles. The molecule has 4 unspecified atom stereocenters. The maximum Gasteiger partial charge on any atom is 0.0799 e. The molecule has 0 aromatic carbocycles. The lowest BCUT2D eigenvalue weighted by molar-refractivity contribution is 0.173. The van der Waals surface area contributed by atoms with Gasteiger partial charge >= 0.3 is 0 Å². The Hall–Kier alpha value is -0.830. The summed E-state index contributed by atoms with van der Waals surface area (Å²) in [4.78, 5) is 0. The van der Waals surface area contributed by atoms with Crippen LogP contribution in [0.1, 0.15) is 50.5 Å². The van der Waals surface area contributed by atoms with Gasteiger partial charge in [0, 0.05) is 12.7 Å². The third kappa shape index (κ3) is 2.61. The first-order valence-electron chi connectivity index (χ1n) is 7.20. The van der Waals surface area contributed by atoms with Crippen LogP contribution in [0, 0.1) is 24.7 Å². The number of nitrogens with one attached hydrogen (secondary N) is 1. The van der Waals surface area contributed by atoms with Gasteiger partial charge in [-0.2, -0.15) is 5.10 Å². The zero-order chi connectivity index (χ0) is 13.3. The first-order chi connectivity index (χ1) is 8.52. The van der Waals surface area contributed by atoms with Gasteiger partial charge in [-0.05, 0) is 50.6 Å². The number of nitrogens with zero attached hydrogens (tertiary/aromatic N) is 2. The molecule has 18 heavy (non-hydrogen) atoms. The van der Waals surface area contributed by atoms with Gasteiger partial charge in [-0.1, -0.05) is 20.3 Å². The Morgan fingerprint density at radius 3 is 2.56 bits per heavy atom. The Kier molecular flexibility index (Phi) is 4.10. The van der Waals surface area contributed by atoms with Gasteiger partial charge in [0.15, 0.2) is 0 Å². The molecule has 1 aromatic rings. The fourth-order valence-electron chi connectivity index (χ4n) is 3.26. The summed E-state index contributed by atoms with van der Waals surface area (Å²) in [6.45, 7) is 6.90. The summed E-state index contributed by atoms with van der Waals surface area (Å²) >= 11 is 0. The minimum atomic E-state index is 0.417. The van der Waals surface area contributed by atoms with Crippen LogP contribution in [0.4, 0.5) is 0 Å². The van der Waals surface area contributed by atoms with Gasteiger partial charge in [0.1, 0.15) is 0 Å². The largest absolute Gasteiger partial charge is 0.311 e. The fraction of sp³-hybridized carbons (Fsp3) is 0.800. The second kappa shape index (κ2) is 5.43. The smallest absolute Gasteiger partial charge is 0.0799 e. The van der Waals surface area contributed by atoms with Crippen molar-refractivity contribution in [3.8, 4) is 0 Å². The molecule has 0 saturated heterocycles. The van der Waals surface area contributed by atoms with Crippen LogP contribution >= 0.6 is 0 Å². The van der Waals surface area contributed by atoms with Crippen molar-refractivity contribution in [2.45, 2.75) is 46.1 Å². The second-order valence-corrected chi connectivity index (χ2v) is 6.13. The van der Waals surface area contributed by atoms with E-state index in [1.54, 1.807) is 0 Å². The average molecular weight is 249 g/mol. The van der Waals surface area contributed by atoms with E-state index in [1.807, 2.05) is 11.7 Å². The van der Waals surface area contributed by atoms with Crippen LogP contribution < -0.4 is 5.32 Å². The highest BCUT2D eigenvalue weighted by Crippen LogP contribution is 2.39. The molecule has 4 atom stereocenters. The molecule has 1 heterocycles. The summed E-state index contributed by atoms with van der Waals surface area (Å²) in [6.07, 6.45) is 4.00. The predicted octanol–water partition coefficient (Wildman–Crippen LogP) is 3.06. The van der Waals surface area contributed by atoms with E-state index in [4.69, 9.17) is 0 Å². The van der Waals surface area contributed by atoms with Crippen LogP contribution in [0.15, 0.2) is 6.07 Å². The maximum atomic E-state index is 4.65. The van der Waals surface area contributed by atoms with Crippen LogP contribution in [0.2, 0.25) is 0 Å². The SMILES string of the molecule is CNC(c1cc(C)n(C)n1)C1CCC(C)C(C)C1. The van der Waals surface area contributed by atoms with E-state index >= 15 is 0 Å². The Morgan fingerprint density at radius 1 is 1.33 bits per heavy atom. The molecule has 1 saturated carbocycles. The Morgan fingerprint density at radius 2 is 2.06 bits per heavy atom. The minimum absolute atomic E-state index is 0.417. The molecule has 3 nitrogen and oxygen atoms in total. The van der Waals surface area contributed by atoms with Crippen molar-refractivity contribution in [3.05, 3.63) is 17.5 Å². The molecule has 102 valence electrons. The Bertz CT molecular complexity index is 377. The highest BCUT2D eigenvalue weighted by molar-refractivity contribution is 5.14. The normalized spacial score (nSPS) is 30.4. The second-order valence-electron chi connectivity index (χ2n) is 6.13. The van der Waals surface area contributed by atoms with Gasteiger partial charge in [-0.3, -0.25) is 4.68 Å². The van der Waals surface area contributed by atoms with Gasteiger partial charge < -0.3 is 5.32 Å². The molecular formula is C15H27N3. The van der Waals surface area contributed by atoms with Crippen molar-refractivity contribution in [2.24, 2.45) is 24.8 Å². The molecule has 1 fully saturated rings. The topological polar surface area (TPSA) is 29.9 Å². The number of hydrogen-bond donors (Lipinski definition) is 1. The maximum absolute atomic E-state index is 4.65. The van der Waals surface area contributed by atoms with Crippen LogP contribution in [0.3, 0.4) is 0 Å². The molecule has 1 aliphatic rings. The van der Waals surface area contributed by atoms with E-state index in [2.05, 4.69) is 44.3 Å². The summed E-state index contributed by atoms with van der Waals surface area (Å²) in [5.74, 6) is 2.45. The lowest BCUT2D eigenvalue weighted by Gasteiger charge is -2.36. The minimum Gasteiger partial charge on any atom is -0.311 e. The van der Waals surface area contributed by atoms with Crippen LogP contribution in [0.25, 0.3) is 0 Å². The molecule has 0 aliphatic heterocycles. The van der Waals surface area contributed by atoms with E-state index in [1.165, 1.54) is 30.7 Å². The van der Waals surface area contributed by atoms with E-state index in [0.717, 1.165) is 17.8 Å². The van der Waals surface area contributed by atoms with Gasteiger partial charge in [-0.25, -0.2) is 0 Å². The zero-order valence-corrected chi connectivity index (χ0v) is 12.4. The van der Waals surface area contributed by atoms with E-state index in [9.17, 15) is 0 Å². The fourth-order valence-corrected chi connectivity index (χ4v) is 3.26. The number of aryl methyl sites for hydroxylation is 2. The van der Waals surface area contributed by atoms with Gasteiger partial charge in [0.25, 0.3) is 0 Å².